The Morgan fingerprint density at radius 2 is 1.11 bits per heavy atom. The highest BCUT2D eigenvalue weighted by atomic mass is 32.3. The molecule has 6 heterocycles. The van der Waals surface area contributed by atoms with Crippen molar-refractivity contribution in [3.63, 3.8) is 0 Å². The normalized spacial score (nSPS) is 23.9. The van der Waals surface area contributed by atoms with Crippen LogP contribution in [0.25, 0.3) is 33.6 Å². The predicted molar refractivity (Wildman–Crippen MR) is 244 cm³/mol. The van der Waals surface area contributed by atoms with Gasteiger partial charge < -0.3 is 49.3 Å². The number of carbonyl (C=O) groups excluding carboxylic acids is 4. The maximum atomic E-state index is 14.4. The molecule has 2 aromatic carbocycles. The Balaban J connectivity index is 0.932. The van der Waals surface area contributed by atoms with Gasteiger partial charge in [-0.05, 0) is 98.0 Å². The number of aromatic amines is 2. The molecule has 0 spiro atoms. The number of hydrogen-bond donors (Lipinski definition) is 4. The average molecular weight is 899 g/mol. The second-order valence-electron chi connectivity index (χ2n) is 17.9. The molecule has 0 radical (unpaired) electrons. The minimum absolute atomic E-state index is 0.0404. The van der Waals surface area contributed by atoms with E-state index in [-0.39, 0.29) is 35.7 Å². The maximum absolute atomic E-state index is 14.4. The van der Waals surface area contributed by atoms with Crippen molar-refractivity contribution in [2.24, 2.45) is 11.8 Å². The topological polar surface area (TPSA) is 193 Å². The molecular formula is C47H62N8O8S. The fourth-order valence-corrected chi connectivity index (χ4v) is 12.2. The van der Waals surface area contributed by atoms with Gasteiger partial charge in [0, 0.05) is 38.7 Å². The summed E-state index contributed by atoms with van der Waals surface area (Å²) in [4.78, 5) is 73.7. The number of hydrogen-bond acceptors (Lipinski definition) is 10. The molecule has 0 saturated carbocycles. The number of nitrogens with one attached hydrogen (secondary N) is 4. The average Bonchev–Trinajstić information content (AvgIpc) is 4.09. The number of methoxy groups -OCH3 is 2. The van der Waals surface area contributed by atoms with E-state index in [1.165, 1.54) is 14.2 Å². The van der Waals surface area contributed by atoms with E-state index >= 15 is 0 Å². The number of ether oxygens (including phenoxy) is 4. The van der Waals surface area contributed by atoms with Crippen molar-refractivity contribution >= 4 is 34.0 Å². The number of likely N-dealkylation sites (tertiary alicyclic amines) is 1. The molecule has 4 aliphatic heterocycles. The molecular weight excluding hydrogens is 837 g/mol. The number of H-pyrrole nitrogens is 2. The zero-order valence-electron chi connectivity index (χ0n) is 37.3. The molecule has 344 valence electrons. The smallest absolute Gasteiger partial charge is 0.407 e. The summed E-state index contributed by atoms with van der Waals surface area (Å²) in [6.07, 6.45) is 13.2. The van der Waals surface area contributed by atoms with Gasteiger partial charge in [0.2, 0.25) is 11.8 Å². The summed E-state index contributed by atoms with van der Waals surface area (Å²) in [5.74, 6) is 2.60. The highest BCUT2D eigenvalue weighted by molar-refractivity contribution is 8.32. The summed E-state index contributed by atoms with van der Waals surface area (Å²) in [5.41, 5.74) is 5.79. The lowest BCUT2D eigenvalue weighted by atomic mass is 9.91. The van der Waals surface area contributed by atoms with Crippen LogP contribution < -0.4 is 10.6 Å². The number of alkyl carbamates (subject to hydrolysis) is 2. The number of carbonyl (C=O) groups is 4. The van der Waals surface area contributed by atoms with Gasteiger partial charge in [0.05, 0.1) is 56.0 Å². The van der Waals surface area contributed by atoms with Gasteiger partial charge in [0.15, 0.2) is 0 Å². The Labute approximate surface area is 376 Å². The van der Waals surface area contributed by atoms with Crippen molar-refractivity contribution in [2.45, 2.75) is 75.5 Å². The molecule has 6 atom stereocenters. The fourth-order valence-electron chi connectivity index (χ4n) is 9.80. The molecule has 2 unspecified atom stereocenters. The fraction of sp³-hybridized carbons (Fsp3) is 0.532. The van der Waals surface area contributed by atoms with Crippen LogP contribution in [0.15, 0.2) is 60.9 Å². The third-order valence-electron chi connectivity index (χ3n) is 13.2. The molecule has 16 nitrogen and oxygen atoms in total. The van der Waals surface area contributed by atoms with Gasteiger partial charge in [0.1, 0.15) is 23.7 Å². The van der Waals surface area contributed by atoms with Crippen LogP contribution in [0.1, 0.15) is 75.1 Å². The predicted octanol–water partition coefficient (Wildman–Crippen LogP) is 6.78. The van der Waals surface area contributed by atoms with Gasteiger partial charge in [-0.25, -0.2) is 29.6 Å². The first-order chi connectivity index (χ1) is 31.0. The standard InChI is InChI=1S/C47H62N8O8S/c1-60-46(58)52-40(34-8-6-22-62-24-19-34)44(56)54-21-5-10-38(54)42-48-26-36(50-42)32-15-11-30(12-16-32)31-13-17-33(18-14-31)37-27-49-43(51-37)39-28-64(3,4)29-55(39)45(57)41(53-47(59)61-2)35-9-7-23-63-25-20-35/h11-18,26-27,34-35,38-41H,5-10,19-25,28-29H2,1-4H3,(H,48,50)(H,49,51)(H,52,58)(H,53,59)/t34?,35?,38-,39-,40-,41-/m1/s1. The van der Waals surface area contributed by atoms with Gasteiger partial charge in [0.25, 0.3) is 0 Å². The summed E-state index contributed by atoms with van der Waals surface area (Å²) in [5, 5.41) is 5.72. The van der Waals surface area contributed by atoms with Crippen LogP contribution in [0.5, 0.6) is 0 Å². The van der Waals surface area contributed by atoms with Crippen LogP contribution in [-0.4, -0.2) is 137 Å². The van der Waals surface area contributed by atoms with Gasteiger partial charge in [-0.15, -0.1) is 0 Å². The van der Waals surface area contributed by atoms with Crippen LogP contribution in [0.2, 0.25) is 0 Å². The molecule has 0 aliphatic carbocycles. The number of aromatic nitrogens is 4. The Morgan fingerprint density at radius 1 is 0.641 bits per heavy atom. The molecule has 4 fully saturated rings. The van der Waals surface area contributed by atoms with Crippen LogP contribution in [0.3, 0.4) is 0 Å². The van der Waals surface area contributed by atoms with Gasteiger partial charge in [-0.1, -0.05) is 48.5 Å². The van der Waals surface area contributed by atoms with E-state index in [4.69, 9.17) is 28.9 Å². The molecule has 4 N–H and O–H groups in total. The molecule has 17 heteroatoms. The molecule has 64 heavy (non-hydrogen) atoms. The number of amides is 4. The third kappa shape index (κ3) is 10.3. The monoisotopic (exact) mass is 898 g/mol. The minimum atomic E-state index is -1.14. The number of imidazole rings is 2. The lowest BCUT2D eigenvalue weighted by Crippen LogP contribution is -2.52. The Kier molecular flexibility index (Phi) is 14.3. The van der Waals surface area contributed by atoms with Crippen LogP contribution >= 0.6 is 10.0 Å². The molecule has 2 aromatic heterocycles. The van der Waals surface area contributed by atoms with Gasteiger partial charge >= 0.3 is 12.2 Å². The van der Waals surface area contributed by atoms with Gasteiger partial charge in [-0.3, -0.25) is 9.59 Å². The molecule has 4 aliphatic rings. The highest BCUT2D eigenvalue weighted by Crippen LogP contribution is 2.52. The zero-order chi connectivity index (χ0) is 44.8. The summed E-state index contributed by atoms with van der Waals surface area (Å²) in [6, 6.07) is 14.8. The Bertz CT molecular complexity index is 2230. The van der Waals surface area contributed by atoms with E-state index in [1.807, 2.05) is 22.2 Å². The number of benzene rings is 2. The first-order valence-corrected chi connectivity index (χ1v) is 25.3. The van der Waals surface area contributed by atoms with Crippen LogP contribution in [0, 0.1) is 11.8 Å². The summed E-state index contributed by atoms with van der Waals surface area (Å²) < 4.78 is 21.2. The maximum Gasteiger partial charge on any atom is 0.407 e. The van der Waals surface area contributed by atoms with Crippen LogP contribution in [0.4, 0.5) is 9.59 Å². The molecule has 4 amide bonds. The van der Waals surface area contributed by atoms with Crippen molar-refractivity contribution in [3.8, 4) is 33.6 Å². The van der Waals surface area contributed by atoms with E-state index < -0.39 is 34.3 Å². The summed E-state index contributed by atoms with van der Waals surface area (Å²) in [7, 11) is 1.50. The second-order valence-corrected chi connectivity index (χ2v) is 22.1. The van der Waals surface area contributed by atoms with Crippen LogP contribution in [-0.2, 0) is 28.5 Å². The largest absolute Gasteiger partial charge is 0.453 e. The summed E-state index contributed by atoms with van der Waals surface area (Å²) >= 11 is 0. The van der Waals surface area contributed by atoms with E-state index in [1.54, 1.807) is 0 Å². The Morgan fingerprint density at radius 3 is 1.61 bits per heavy atom. The van der Waals surface area contributed by atoms with Gasteiger partial charge in [-0.2, -0.15) is 0 Å². The Hall–Kier alpha value is -5.39. The SMILES string of the molecule is COC(=O)N[C@@H](C(=O)N1CCC[C@@H]1c1ncc(-c2ccc(-c3ccc(-c4cnc([C@H]5CS(C)(C)CN5C(=O)[C@H](NC(=O)OC)C5CCCOCC5)[nH]4)cc3)cc2)[nH]1)C1CCCOCC1. The first-order valence-electron chi connectivity index (χ1n) is 22.5. The molecule has 4 saturated heterocycles. The zero-order valence-corrected chi connectivity index (χ0v) is 38.1. The molecule has 0 bridgehead atoms. The molecule has 4 aromatic rings. The number of nitrogens with zero attached hydrogens (tertiary/aromatic N) is 4. The summed E-state index contributed by atoms with van der Waals surface area (Å²) in [6.45, 7) is 3.01. The van der Waals surface area contributed by atoms with E-state index in [0.717, 1.165) is 89.6 Å². The third-order valence-corrected chi connectivity index (χ3v) is 15.4. The van der Waals surface area contributed by atoms with E-state index in [9.17, 15) is 19.2 Å². The second kappa shape index (κ2) is 20.2. The van der Waals surface area contributed by atoms with Crippen molar-refractivity contribution < 1.29 is 38.1 Å². The number of rotatable bonds is 11. The van der Waals surface area contributed by atoms with E-state index in [0.29, 0.717) is 51.7 Å². The molecule has 8 rings (SSSR count). The lowest BCUT2D eigenvalue weighted by molar-refractivity contribution is -0.136. The van der Waals surface area contributed by atoms with E-state index in [2.05, 4.69) is 81.6 Å². The minimum Gasteiger partial charge on any atom is -0.453 e. The first kappa shape index (κ1) is 45.2. The van der Waals surface area contributed by atoms with Crippen molar-refractivity contribution in [2.75, 3.05) is 71.3 Å². The van der Waals surface area contributed by atoms with Crippen molar-refractivity contribution in [1.29, 1.82) is 0 Å². The highest BCUT2D eigenvalue weighted by Gasteiger charge is 2.44. The lowest BCUT2D eigenvalue weighted by Gasteiger charge is -2.32. The van der Waals surface area contributed by atoms with Crippen molar-refractivity contribution in [1.82, 2.24) is 40.4 Å². The van der Waals surface area contributed by atoms with Crippen molar-refractivity contribution in [3.05, 3.63) is 72.6 Å². The quantitative estimate of drug-likeness (QED) is 0.125.